The summed E-state index contributed by atoms with van der Waals surface area (Å²) in [5.41, 5.74) is 1.78. The first-order valence-electron chi connectivity index (χ1n) is 12.8. The van der Waals surface area contributed by atoms with Crippen LogP contribution >= 0.6 is 0 Å². The molecule has 1 aliphatic rings. The van der Waals surface area contributed by atoms with Crippen molar-refractivity contribution in [3.63, 3.8) is 0 Å². The number of hydrogen-bond donors (Lipinski definition) is 1. The molecule has 5 rings (SSSR count). The maximum absolute atomic E-state index is 13.6. The van der Waals surface area contributed by atoms with Crippen LogP contribution in [0.2, 0.25) is 0 Å². The third-order valence-corrected chi connectivity index (χ3v) is 6.94. The van der Waals surface area contributed by atoms with Crippen LogP contribution < -0.4 is 10.9 Å². The number of fused-ring (bicyclic) bond motifs is 2. The van der Waals surface area contributed by atoms with Crippen molar-refractivity contribution in [2.75, 3.05) is 11.9 Å². The normalized spacial score (nSPS) is 13.8. The van der Waals surface area contributed by atoms with Gasteiger partial charge in [0, 0.05) is 24.5 Å². The first-order valence-corrected chi connectivity index (χ1v) is 12.8. The van der Waals surface area contributed by atoms with Gasteiger partial charge in [-0.05, 0) is 43.7 Å². The molecule has 0 spiro atoms. The van der Waals surface area contributed by atoms with Crippen molar-refractivity contribution in [3.8, 4) is 11.8 Å². The molecule has 4 aromatic rings. The van der Waals surface area contributed by atoms with Gasteiger partial charge in [-0.25, -0.2) is 4.98 Å². The van der Waals surface area contributed by atoms with E-state index in [2.05, 4.69) is 22.1 Å². The lowest BCUT2D eigenvalue weighted by Gasteiger charge is -2.29. The molecule has 1 amide bonds. The van der Waals surface area contributed by atoms with Crippen LogP contribution in [-0.4, -0.2) is 31.9 Å². The van der Waals surface area contributed by atoms with Crippen LogP contribution in [0.1, 0.15) is 52.6 Å². The third-order valence-electron chi connectivity index (χ3n) is 6.94. The third kappa shape index (κ3) is 5.41. The number of aromatic nitrogens is 3. The van der Waals surface area contributed by atoms with Crippen LogP contribution in [0.25, 0.3) is 10.9 Å². The Labute approximate surface area is 228 Å². The zero-order chi connectivity index (χ0) is 28.4. The topological polar surface area (TPSA) is 80.1 Å². The molecule has 0 saturated heterocycles. The maximum atomic E-state index is 13.6. The molecule has 0 aliphatic carbocycles. The summed E-state index contributed by atoms with van der Waals surface area (Å²) in [6.07, 6.45) is -2.50. The van der Waals surface area contributed by atoms with Crippen LogP contribution in [0.5, 0.6) is 0 Å². The van der Waals surface area contributed by atoms with E-state index < -0.39 is 17.8 Å². The van der Waals surface area contributed by atoms with E-state index in [0.717, 1.165) is 23.0 Å². The number of halogens is 3. The summed E-state index contributed by atoms with van der Waals surface area (Å²) in [5.74, 6) is 5.72. The monoisotopic (exact) mass is 545 g/mol. The number of anilines is 1. The minimum absolute atomic E-state index is 0.0697. The number of nitrogens with zero attached hydrogens (tertiary/aromatic N) is 4. The van der Waals surface area contributed by atoms with Gasteiger partial charge in [-0.3, -0.25) is 19.1 Å². The lowest BCUT2D eigenvalue weighted by atomic mass is 10.0. The number of rotatable bonds is 5. The van der Waals surface area contributed by atoms with Crippen LogP contribution in [-0.2, 0) is 25.7 Å². The van der Waals surface area contributed by atoms with E-state index in [9.17, 15) is 22.8 Å². The molecule has 0 radical (unpaired) electrons. The van der Waals surface area contributed by atoms with Crippen molar-refractivity contribution in [1.29, 1.82) is 0 Å². The average molecular weight is 546 g/mol. The lowest BCUT2D eigenvalue weighted by molar-refractivity contribution is -0.137. The number of nitrogens with one attached hydrogen (secondary N) is 1. The second-order valence-corrected chi connectivity index (χ2v) is 9.56. The molecule has 0 unspecified atom stereocenters. The van der Waals surface area contributed by atoms with Crippen LogP contribution in [0.15, 0.2) is 65.6 Å². The number of carbonyl (C=O) groups excluding carboxylic acids is 1. The Hall–Kier alpha value is -4.65. The van der Waals surface area contributed by atoms with Crippen molar-refractivity contribution < 1.29 is 18.0 Å². The molecule has 7 nitrogen and oxygen atoms in total. The molecule has 1 aliphatic heterocycles. The smallest absolute Gasteiger partial charge is 0.349 e. The minimum Gasteiger partial charge on any atom is -0.349 e. The molecule has 3 heterocycles. The van der Waals surface area contributed by atoms with Gasteiger partial charge in [-0.15, -0.1) is 5.92 Å². The van der Waals surface area contributed by atoms with E-state index >= 15 is 0 Å². The molecule has 2 aromatic carbocycles. The van der Waals surface area contributed by atoms with E-state index in [-0.39, 0.29) is 30.5 Å². The second kappa shape index (κ2) is 10.8. The van der Waals surface area contributed by atoms with Gasteiger partial charge >= 0.3 is 6.18 Å². The molecular weight excluding hydrogens is 519 g/mol. The van der Waals surface area contributed by atoms with Gasteiger partial charge in [-0.2, -0.15) is 13.2 Å². The Balaban J connectivity index is 1.42. The van der Waals surface area contributed by atoms with Crippen molar-refractivity contribution in [2.24, 2.45) is 0 Å². The van der Waals surface area contributed by atoms with Crippen molar-refractivity contribution in [1.82, 2.24) is 19.4 Å². The quantitative estimate of drug-likeness (QED) is 0.349. The molecule has 40 heavy (non-hydrogen) atoms. The fourth-order valence-electron chi connectivity index (χ4n) is 4.71. The van der Waals surface area contributed by atoms with Gasteiger partial charge < -0.3 is 10.2 Å². The predicted molar refractivity (Wildman–Crippen MR) is 146 cm³/mol. The number of benzene rings is 2. The number of para-hydroxylation sites is 1. The first kappa shape index (κ1) is 26.9. The Bertz CT molecular complexity index is 1700. The summed E-state index contributed by atoms with van der Waals surface area (Å²) >= 11 is 0. The van der Waals surface area contributed by atoms with Gasteiger partial charge in [0.2, 0.25) is 5.95 Å². The summed E-state index contributed by atoms with van der Waals surface area (Å²) in [7, 11) is 0. The van der Waals surface area contributed by atoms with Crippen LogP contribution in [0.3, 0.4) is 0 Å². The van der Waals surface area contributed by atoms with Gasteiger partial charge in [0.05, 0.1) is 47.0 Å². The first-order chi connectivity index (χ1) is 19.2. The molecule has 1 atom stereocenters. The standard InChI is InChI=1S/C30H26F3N5O2/c1-3-4-14-38-28(40)24-18-37(27(39)22-16-21-7-5-6-8-25(21)34-17-22)15-13-26(24)36-29(38)35-19(2)20-9-11-23(12-10-20)30(31,32)33/h5-12,16-17,19H,13-15,18H2,1-2H3,(H,35,36)/t19-/m0/s1. The van der Waals surface area contributed by atoms with E-state index in [4.69, 9.17) is 4.98 Å². The molecule has 0 saturated carbocycles. The van der Waals surface area contributed by atoms with Crippen LogP contribution in [0.4, 0.5) is 19.1 Å². The Morgan fingerprint density at radius 3 is 2.62 bits per heavy atom. The summed E-state index contributed by atoms with van der Waals surface area (Å²) in [6, 6.07) is 13.7. The SMILES string of the molecule is CC#CCn1c(N[C@@H](C)c2ccc(C(F)(F)F)cc2)nc2c(c1=O)CN(C(=O)c1cnc3ccccc3c1)CC2. The van der Waals surface area contributed by atoms with E-state index in [0.29, 0.717) is 35.3 Å². The van der Waals surface area contributed by atoms with Crippen molar-refractivity contribution >= 4 is 22.8 Å². The van der Waals surface area contributed by atoms with Crippen LogP contribution in [0, 0.1) is 11.8 Å². The largest absolute Gasteiger partial charge is 0.416 e. The second-order valence-electron chi connectivity index (χ2n) is 9.56. The lowest BCUT2D eigenvalue weighted by Crippen LogP contribution is -2.41. The summed E-state index contributed by atoms with van der Waals surface area (Å²) in [5, 5.41) is 4.03. The molecular formula is C30H26F3N5O2. The summed E-state index contributed by atoms with van der Waals surface area (Å²) in [4.78, 5) is 37.7. The zero-order valence-corrected chi connectivity index (χ0v) is 21.9. The Morgan fingerprint density at radius 1 is 1.15 bits per heavy atom. The van der Waals surface area contributed by atoms with E-state index in [1.165, 1.54) is 16.7 Å². The molecule has 204 valence electrons. The average Bonchev–Trinajstić information content (AvgIpc) is 2.96. The fraction of sp³-hybridized carbons (Fsp3) is 0.267. The maximum Gasteiger partial charge on any atom is 0.416 e. The van der Waals surface area contributed by atoms with Gasteiger partial charge in [0.25, 0.3) is 11.5 Å². The number of amides is 1. The fourth-order valence-corrected chi connectivity index (χ4v) is 4.71. The highest BCUT2D eigenvalue weighted by Crippen LogP contribution is 2.30. The van der Waals surface area contributed by atoms with Crippen molar-refractivity contribution in [2.45, 2.75) is 45.6 Å². The zero-order valence-electron chi connectivity index (χ0n) is 21.9. The molecule has 1 N–H and O–H groups in total. The predicted octanol–water partition coefficient (Wildman–Crippen LogP) is 5.21. The number of hydrogen-bond acceptors (Lipinski definition) is 5. The molecule has 2 aromatic heterocycles. The highest BCUT2D eigenvalue weighted by Gasteiger charge is 2.30. The van der Waals surface area contributed by atoms with E-state index in [1.54, 1.807) is 31.0 Å². The van der Waals surface area contributed by atoms with Crippen molar-refractivity contribution in [3.05, 3.63) is 99.1 Å². The van der Waals surface area contributed by atoms with Gasteiger partial charge in [-0.1, -0.05) is 36.3 Å². The Morgan fingerprint density at radius 2 is 1.90 bits per heavy atom. The molecule has 0 bridgehead atoms. The van der Waals surface area contributed by atoms with Gasteiger partial charge in [0.1, 0.15) is 0 Å². The van der Waals surface area contributed by atoms with E-state index in [1.807, 2.05) is 24.3 Å². The minimum atomic E-state index is -4.42. The highest BCUT2D eigenvalue weighted by atomic mass is 19.4. The summed E-state index contributed by atoms with van der Waals surface area (Å²) in [6.45, 7) is 3.98. The van der Waals surface area contributed by atoms with Gasteiger partial charge in [0.15, 0.2) is 0 Å². The Kier molecular flexibility index (Phi) is 7.30. The number of alkyl halides is 3. The highest BCUT2D eigenvalue weighted by molar-refractivity contribution is 5.97. The molecule has 0 fully saturated rings. The summed E-state index contributed by atoms with van der Waals surface area (Å²) < 4.78 is 40.3. The molecule has 10 heteroatoms. The number of pyridine rings is 1. The number of carbonyl (C=O) groups is 1.